The summed E-state index contributed by atoms with van der Waals surface area (Å²) in [6, 6.07) is 10.4. The number of hydrogen-bond donors (Lipinski definition) is 1. The van der Waals surface area contributed by atoms with Gasteiger partial charge in [-0.25, -0.2) is 4.98 Å². The van der Waals surface area contributed by atoms with Crippen LogP contribution >= 0.6 is 15.9 Å². The number of pyridine rings is 1. The smallest absolute Gasteiger partial charge is 0.143 e. The molecule has 2 aromatic rings. The van der Waals surface area contributed by atoms with Crippen LogP contribution in [0, 0.1) is 0 Å². The molecule has 1 aliphatic rings. The molecule has 0 atom stereocenters. The number of hydrogen-bond acceptors (Lipinski definition) is 3. The number of nitrogens with zero attached hydrogens (tertiary/aromatic N) is 2. The maximum Gasteiger partial charge on any atom is 0.143 e. The van der Waals surface area contributed by atoms with E-state index in [4.69, 9.17) is 4.98 Å². The number of para-hydroxylation sites is 1. The van der Waals surface area contributed by atoms with Crippen LogP contribution in [0.5, 0.6) is 0 Å². The Bertz CT molecular complexity index is 535. The van der Waals surface area contributed by atoms with Crippen LogP contribution in [0.25, 0.3) is 10.9 Å². The van der Waals surface area contributed by atoms with E-state index in [0.717, 1.165) is 42.0 Å². The zero-order valence-corrected chi connectivity index (χ0v) is 11.1. The molecule has 0 aliphatic carbocycles. The molecule has 17 heavy (non-hydrogen) atoms. The highest BCUT2D eigenvalue weighted by Gasteiger charge is 2.15. The van der Waals surface area contributed by atoms with Gasteiger partial charge in [0.1, 0.15) is 5.82 Å². The number of halogens is 1. The first-order valence-electron chi connectivity index (χ1n) is 5.85. The molecule has 3 nitrogen and oxygen atoms in total. The predicted molar refractivity (Wildman–Crippen MR) is 74.5 cm³/mol. The van der Waals surface area contributed by atoms with Crippen LogP contribution < -0.4 is 10.2 Å². The predicted octanol–water partition coefficient (Wildman–Crippen LogP) is 2.41. The molecular weight excluding hydrogens is 278 g/mol. The number of aromatic nitrogens is 1. The highest BCUT2D eigenvalue weighted by molar-refractivity contribution is 9.10. The largest absolute Gasteiger partial charge is 0.353 e. The van der Waals surface area contributed by atoms with Gasteiger partial charge >= 0.3 is 0 Å². The van der Waals surface area contributed by atoms with Gasteiger partial charge in [-0.3, -0.25) is 0 Å². The van der Waals surface area contributed by atoms with Gasteiger partial charge in [0, 0.05) is 31.6 Å². The minimum atomic E-state index is 1.02. The number of anilines is 1. The Morgan fingerprint density at radius 1 is 1.18 bits per heavy atom. The number of benzene rings is 1. The molecule has 1 fully saturated rings. The van der Waals surface area contributed by atoms with Crippen LogP contribution in [0.15, 0.2) is 34.8 Å². The van der Waals surface area contributed by atoms with Crippen LogP contribution in [0.2, 0.25) is 0 Å². The average Bonchev–Trinajstić information content (AvgIpc) is 2.39. The van der Waals surface area contributed by atoms with Crippen molar-refractivity contribution >= 4 is 32.7 Å². The average molecular weight is 292 g/mol. The lowest BCUT2D eigenvalue weighted by Gasteiger charge is -2.29. The van der Waals surface area contributed by atoms with Crippen molar-refractivity contribution in [3.63, 3.8) is 0 Å². The van der Waals surface area contributed by atoms with Crippen molar-refractivity contribution in [3.05, 3.63) is 34.8 Å². The Hall–Kier alpha value is -1.13. The van der Waals surface area contributed by atoms with Gasteiger partial charge in [0.25, 0.3) is 0 Å². The van der Waals surface area contributed by atoms with Gasteiger partial charge in [0.15, 0.2) is 0 Å². The molecule has 0 bridgehead atoms. The van der Waals surface area contributed by atoms with Crippen molar-refractivity contribution in [2.45, 2.75) is 0 Å². The molecule has 1 saturated heterocycles. The van der Waals surface area contributed by atoms with E-state index >= 15 is 0 Å². The second-order valence-corrected chi connectivity index (χ2v) is 5.08. The van der Waals surface area contributed by atoms with E-state index in [1.807, 2.05) is 12.1 Å². The molecule has 4 heteroatoms. The molecule has 1 N–H and O–H groups in total. The summed E-state index contributed by atoms with van der Waals surface area (Å²) >= 11 is 3.63. The van der Waals surface area contributed by atoms with Gasteiger partial charge in [-0.15, -0.1) is 0 Å². The second-order valence-electron chi connectivity index (χ2n) is 4.22. The summed E-state index contributed by atoms with van der Waals surface area (Å²) in [6.45, 7) is 4.09. The molecule has 0 radical (unpaired) electrons. The third kappa shape index (κ3) is 2.15. The van der Waals surface area contributed by atoms with Crippen LogP contribution in [0.4, 0.5) is 5.82 Å². The van der Waals surface area contributed by atoms with E-state index < -0.39 is 0 Å². The maximum atomic E-state index is 4.75. The first-order chi connectivity index (χ1) is 8.34. The lowest BCUT2D eigenvalue weighted by atomic mass is 10.2. The molecule has 1 aromatic carbocycles. The molecule has 0 spiro atoms. The van der Waals surface area contributed by atoms with Crippen molar-refractivity contribution in [2.24, 2.45) is 0 Å². The fourth-order valence-electron chi connectivity index (χ4n) is 2.18. The normalized spacial score (nSPS) is 16.4. The van der Waals surface area contributed by atoms with E-state index in [1.54, 1.807) is 0 Å². The molecule has 0 saturated carbocycles. The molecule has 0 unspecified atom stereocenters. The minimum absolute atomic E-state index is 1.02. The highest BCUT2D eigenvalue weighted by Crippen LogP contribution is 2.28. The maximum absolute atomic E-state index is 4.75. The molecular formula is C13H14BrN3. The monoisotopic (exact) mass is 291 g/mol. The summed E-state index contributed by atoms with van der Waals surface area (Å²) in [7, 11) is 0. The molecule has 1 aliphatic heterocycles. The number of piperazine rings is 1. The Balaban J connectivity index is 2.06. The number of rotatable bonds is 1. The zero-order valence-electron chi connectivity index (χ0n) is 9.49. The molecule has 2 heterocycles. The second kappa shape index (κ2) is 4.63. The van der Waals surface area contributed by atoms with Gasteiger partial charge < -0.3 is 10.2 Å². The summed E-state index contributed by atoms with van der Waals surface area (Å²) in [4.78, 5) is 7.08. The molecule has 0 amide bonds. The summed E-state index contributed by atoms with van der Waals surface area (Å²) in [5, 5.41) is 4.54. The van der Waals surface area contributed by atoms with Gasteiger partial charge in [-0.1, -0.05) is 18.2 Å². The Kier molecular flexibility index (Phi) is 2.99. The van der Waals surface area contributed by atoms with Crippen LogP contribution in [0.1, 0.15) is 0 Å². The minimum Gasteiger partial charge on any atom is -0.353 e. The third-order valence-electron chi connectivity index (χ3n) is 3.08. The van der Waals surface area contributed by atoms with Gasteiger partial charge in [0.2, 0.25) is 0 Å². The fraction of sp³-hybridized carbons (Fsp3) is 0.308. The Morgan fingerprint density at radius 3 is 2.76 bits per heavy atom. The van der Waals surface area contributed by atoms with Crippen LogP contribution in [-0.2, 0) is 0 Å². The quantitative estimate of drug-likeness (QED) is 0.875. The first-order valence-corrected chi connectivity index (χ1v) is 6.65. The summed E-state index contributed by atoms with van der Waals surface area (Å²) < 4.78 is 1.08. The number of fused-ring (bicyclic) bond motifs is 1. The standard InChI is InChI=1S/C13H14BrN3/c14-11-9-10-3-1-2-4-12(10)16-13(11)17-7-5-15-6-8-17/h1-4,9,15H,5-8H2. The van der Waals surface area contributed by atoms with E-state index in [2.05, 4.69) is 44.3 Å². The van der Waals surface area contributed by atoms with Gasteiger partial charge in [0.05, 0.1) is 9.99 Å². The van der Waals surface area contributed by atoms with Gasteiger partial charge in [-0.05, 0) is 28.1 Å². The highest BCUT2D eigenvalue weighted by atomic mass is 79.9. The number of nitrogens with one attached hydrogen (secondary N) is 1. The SMILES string of the molecule is Brc1cc2ccccc2nc1N1CCNCC1. The first kappa shape index (κ1) is 11.0. The fourth-order valence-corrected chi connectivity index (χ4v) is 2.76. The molecule has 1 aromatic heterocycles. The Labute approximate surface area is 109 Å². The topological polar surface area (TPSA) is 28.2 Å². The van der Waals surface area contributed by atoms with Crippen molar-refractivity contribution < 1.29 is 0 Å². The van der Waals surface area contributed by atoms with E-state index in [9.17, 15) is 0 Å². The summed E-state index contributed by atoms with van der Waals surface area (Å²) in [6.07, 6.45) is 0. The van der Waals surface area contributed by atoms with Crippen molar-refractivity contribution in [3.8, 4) is 0 Å². The molecule has 3 rings (SSSR count). The summed E-state index contributed by atoms with van der Waals surface area (Å²) in [5.74, 6) is 1.06. The lowest BCUT2D eigenvalue weighted by molar-refractivity contribution is 0.585. The van der Waals surface area contributed by atoms with Crippen LogP contribution in [-0.4, -0.2) is 31.2 Å². The third-order valence-corrected chi connectivity index (χ3v) is 3.66. The Morgan fingerprint density at radius 2 is 1.94 bits per heavy atom. The van der Waals surface area contributed by atoms with E-state index in [0.29, 0.717) is 0 Å². The lowest BCUT2D eigenvalue weighted by Crippen LogP contribution is -2.44. The molecule has 88 valence electrons. The van der Waals surface area contributed by atoms with Crippen molar-refractivity contribution in [2.75, 3.05) is 31.1 Å². The van der Waals surface area contributed by atoms with Gasteiger partial charge in [-0.2, -0.15) is 0 Å². The van der Waals surface area contributed by atoms with E-state index in [-0.39, 0.29) is 0 Å². The zero-order chi connectivity index (χ0) is 11.7. The summed E-state index contributed by atoms with van der Waals surface area (Å²) in [5.41, 5.74) is 1.06. The van der Waals surface area contributed by atoms with E-state index in [1.165, 1.54) is 5.39 Å². The van der Waals surface area contributed by atoms with Crippen LogP contribution in [0.3, 0.4) is 0 Å². The van der Waals surface area contributed by atoms with Crippen molar-refractivity contribution in [1.82, 2.24) is 10.3 Å². The van der Waals surface area contributed by atoms with Crippen molar-refractivity contribution in [1.29, 1.82) is 0 Å².